The molecule has 0 bridgehead atoms. The average Bonchev–Trinajstić information content (AvgIpc) is 2.85. The summed E-state index contributed by atoms with van der Waals surface area (Å²) in [5.74, 6) is -3.97. The van der Waals surface area contributed by atoms with E-state index >= 15 is 0 Å². The van der Waals surface area contributed by atoms with Crippen LogP contribution >= 0.6 is 0 Å². The molecule has 1 aromatic rings. The molecule has 3 rings (SSSR count). The zero-order chi connectivity index (χ0) is 29.7. The minimum Gasteiger partial charge on any atom is -0.462 e. The molecule has 2 fully saturated rings. The Morgan fingerprint density at radius 1 is 0.900 bits per heavy atom. The van der Waals surface area contributed by atoms with E-state index in [1.807, 2.05) is 0 Å². The molecule has 5 nitrogen and oxygen atoms in total. The highest BCUT2D eigenvalue weighted by Crippen LogP contribution is 2.45. The number of carbonyl (C=O) groups is 2. The van der Waals surface area contributed by atoms with Crippen LogP contribution in [0.2, 0.25) is 0 Å². The van der Waals surface area contributed by atoms with Gasteiger partial charge in [-0.15, -0.1) is 13.2 Å². The highest BCUT2D eigenvalue weighted by molar-refractivity contribution is 5.86. The largest absolute Gasteiger partial charge is 0.527 e. The van der Waals surface area contributed by atoms with Crippen LogP contribution in [0.4, 0.5) is 30.7 Å². The van der Waals surface area contributed by atoms with E-state index in [1.165, 1.54) is 6.92 Å². The fourth-order valence-electron chi connectivity index (χ4n) is 5.65. The normalized spacial score (nSPS) is 23.9. The lowest BCUT2D eigenvalue weighted by Gasteiger charge is -2.37. The summed E-state index contributed by atoms with van der Waals surface area (Å²) in [6, 6.07) is 1.34. The molecule has 2 aliphatic carbocycles. The van der Waals surface area contributed by atoms with Crippen LogP contribution in [0, 0.1) is 23.5 Å². The zero-order valence-electron chi connectivity index (χ0n) is 22.1. The summed E-state index contributed by atoms with van der Waals surface area (Å²) in [4.78, 5) is 23.4. The first-order valence-electron chi connectivity index (χ1n) is 13.3. The van der Waals surface area contributed by atoms with Crippen molar-refractivity contribution in [3.63, 3.8) is 0 Å². The Balaban J connectivity index is 1.44. The molecule has 224 valence electrons. The smallest absolute Gasteiger partial charge is 0.462 e. The third kappa shape index (κ3) is 8.94. The molecule has 0 N–H and O–H groups in total. The van der Waals surface area contributed by atoms with Crippen LogP contribution < -0.4 is 0 Å². The van der Waals surface area contributed by atoms with Gasteiger partial charge in [0.05, 0.1) is 6.61 Å². The summed E-state index contributed by atoms with van der Waals surface area (Å²) < 4.78 is 106. The second-order valence-corrected chi connectivity index (χ2v) is 10.6. The number of ether oxygens (including phenoxy) is 3. The molecule has 0 amide bonds. The third-order valence-electron chi connectivity index (χ3n) is 7.63. The Kier molecular flexibility index (Phi) is 10.6. The maximum absolute atomic E-state index is 14.4. The van der Waals surface area contributed by atoms with Crippen molar-refractivity contribution in [3.05, 3.63) is 47.0 Å². The minimum atomic E-state index is -5.77. The number of benzene rings is 1. The minimum absolute atomic E-state index is 0.110. The highest BCUT2D eigenvalue weighted by Gasteiger charge is 2.49. The Labute approximate surface area is 228 Å². The first-order chi connectivity index (χ1) is 18.7. The van der Waals surface area contributed by atoms with Gasteiger partial charge >= 0.3 is 24.4 Å². The quantitative estimate of drug-likeness (QED) is 0.122. The van der Waals surface area contributed by atoms with Crippen LogP contribution in [-0.4, -0.2) is 31.0 Å². The lowest BCUT2D eigenvalue weighted by molar-refractivity contribution is -0.432. The van der Waals surface area contributed by atoms with Crippen molar-refractivity contribution in [2.45, 2.75) is 95.6 Å². The van der Waals surface area contributed by atoms with Gasteiger partial charge in [0.15, 0.2) is 0 Å². The lowest BCUT2D eigenvalue weighted by atomic mass is 9.69. The van der Waals surface area contributed by atoms with Gasteiger partial charge in [0.2, 0.25) is 0 Å². The molecule has 40 heavy (non-hydrogen) atoms. The first-order valence-corrected chi connectivity index (χ1v) is 13.3. The highest BCUT2D eigenvalue weighted by atomic mass is 19.4. The number of rotatable bonds is 10. The molecular formula is C28H33F7O5. The van der Waals surface area contributed by atoms with Gasteiger partial charge in [-0.1, -0.05) is 6.58 Å². The molecule has 0 atom stereocenters. The van der Waals surface area contributed by atoms with Crippen molar-refractivity contribution in [1.82, 2.24) is 0 Å². The number of hydrogen-bond donors (Lipinski definition) is 0. The molecule has 12 heteroatoms. The predicted molar refractivity (Wildman–Crippen MR) is 129 cm³/mol. The number of alkyl halides is 5. The molecule has 0 aliphatic heterocycles. The summed E-state index contributed by atoms with van der Waals surface area (Å²) in [5, 5.41) is 0. The molecular weight excluding hydrogens is 549 g/mol. The van der Waals surface area contributed by atoms with E-state index in [1.54, 1.807) is 0 Å². The van der Waals surface area contributed by atoms with Gasteiger partial charge in [0.1, 0.15) is 23.3 Å². The average molecular weight is 583 g/mol. The zero-order valence-corrected chi connectivity index (χ0v) is 22.1. The standard InChI is InChI=1S/C28H33F7O5/c1-16(2)26(37)38-13-3-4-24(36)39-21-11-9-18(10-12-21)17-5-7-19(8-6-17)20-14-22(29)25(23(30)15-20)27(31,32)40-28(33,34)35/h14-15,17-19,21H,1,3-13H2,2H3. The van der Waals surface area contributed by atoms with Crippen molar-refractivity contribution in [2.75, 3.05) is 6.61 Å². The van der Waals surface area contributed by atoms with Gasteiger partial charge in [-0.25, -0.2) is 18.3 Å². The fourth-order valence-corrected chi connectivity index (χ4v) is 5.65. The monoisotopic (exact) mass is 582 g/mol. The number of hydrogen-bond acceptors (Lipinski definition) is 5. The second kappa shape index (κ2) is 13.4. The van der Waals surface area contributed by atoms with Gasteiger partial charge in [-0.3, -0.25) is 4.79 Å². The summed E-state index contributed by atoms with van der Waals surface area (Å²) in [6.45, 7) is 5.13. The Morgan fingerprint density at radius 3 is 1.93 bits per heavy atom. The van der Waals surface area contributed by atoms with E-state index in [-0.39, 0.29) is 42.2 Å². The van der Waals surface area contributed by atoms with Crippen molar-refractivity contribution < 1.29 is 54.5 Å². The van der Waals surface area contributed by atoms with Gasteiger partial charge in [0, 0.05) is 12.0 Å². The SMILES string of the molecule is C=C(C)C(=O)OCCCC(=O)OC1CCC(C2CCC(c3cc(F)c(C(F)(F)OC(F)(F)F)c(F)c3)CC2)CC1. The van der Waals surface area contributed by atoms with Crippen LogP contribution in [0.5, 0.6) is 0 Å². The van der Waals surface area contributed by atoms with Gasteiger partial charge in [-0.05, 0) is 100 Å². The van der Waals surface area contributed by atoms with Gasteiger partial charge in [0.25, 0.3) is 0 Å². The van der Waals surface area contributed by atoms with Crippen LogP contribution in [-0.2, 0) is 29.9 Å². The van der Waals surface area contributed by atoms with Crippen LogP contribution in [0.3, 0.4) is 0 Å². The van der Waals surface area contributed by atoms with E-state index < -0.39 is 35.6 Å². The van der Waals surface area contributed by atoms with Crippen molar-refractivity contribution in [2.24, 2.45) is 11.8 Å². The number of carbonyl (C=O) groups excluding carboxylic acids is 2. The molecule has 2 aliphatic rings. The van der Waals surface area contributed by atoms with Crippen molar-refractivity contribution in [1.29, 1.82) is 0 Å². The first kappa shape index (κ1) is 31.9. The molecule has 0 spiro atoms. The third-order valence-corrected chi connectivity index (χ3v) is 7.63. The van der Waals surface area contributed by atoms with Gasteiger partial charge < -0.3 is 9.47 Å². The van der Waals surface area contributed by atoms with E-state index in [9.17, 15) is 40.3 Å². The summed E-state index contributed by atoms with van der Waals surface area (Å²) in [7, 11) is 0. The summed E-state index contributed by atoms with van der Waals surface area (Å²) >= 11 is 0. The van der Waals surface area contributed by atoms with E-state index in [0.717, 1.165) is 25.7 Å². The predicted octanol–water partition coefficient (Wildman–Crippen LogP) is 7.83. The van der Waals surface area contributed by atoms with Gasteiger partial charge in [-0.2, -0.15) is 8.78 Å². The topological polar surface area (TPSA) is 61.8 Å². The maximum Gasteiger partial charge on any atom is 0.527 e. The summed E-state index contributed by atoms with van der Waals surface area (Å²) in [6.07, 6.45) is -4.89. The molecule has 1 aromatic carbocycles. The molecule has 0 radical (unpaired) electrons. The Hall–Kier alpha value is -2.63. The van der Waals surface area contributed by atoms with E-state index in [2.05, 4.69) is 11.3 Å². The van der Waals surface area contributed by atoms with Crippen LogP contribution in [0.1, 0.15) is 88.2 Å². The number of halogens is 7. The summed E-state index contributed by atoms with van der Waals surface area (Å²) in [5.41, 5.74) is -1.65. The van der Waals surface area contributed by atoms with Crippen LogP contribution in [0.15, 0.2) is 24.3 Å². The van der Waals surface area contributed by atoms with E-state index in [0.29, 0.717) is 56.1 Å². The van der Waals surface area contributed by atoms with Crippen LogP contribution in [0.25, 0.3) is 0 Å². The molecule has 2 saturated carbocycles. The molecule has 0 saturated heterocycles. The Bertz CT molecular complexity index is 1030. The molecule has 0 unspecified atom stereocenters. The maximum atomic E-state index is 14.4. The van der Waals surface area contributed by atoms with Crippen molar-refractivity contribution in [3.8, 4) is 0 Å². The van der Waals surface area contributed by atoms with E-state index in [4.69, 9.17) is 9.47 Å². The fraction of sp³-hybridized carbons (Fsp3) is 0.643. The second-order valence-electron chi connectivity index (χ2n) is 10.6. The van der Waals surface area contributed by atoms with Crippen molar-refractivity contribution >= 4 is 11.9 Å². The molecule has 0 heterocycles. The number of esters is 2. The molecule has 0 aromatic heterocycles. The lowest BCUT2D eigenvalue weighted by Crippen LogP contribution is -2.30. The Morgan fingerprint density at radius 2 is 1.43 bits per heavy atom.